The van der Waals surface area contributed by atoms with E-state index in [1.165, 1.54) is 6.33 Å². The van der Waals surface area contributed by atoms with Crippen molar-refractivity contribution in [1.82, 2.24) is 25.0 Å². The Bertz CT molecular complexity index is 939. The quantitative estimate of drug-likeness (QED) is 0.656. The minimum atomic E-state index is -0.901. The van der Waals surface area contributed by atoms with Crippen molar-refractivity contribution in [3.05, 3.63) is 40.6 Å². The van der Waals surface area contributed by atoms with Gasteiger partial charge in [0.2, 0.25) is 11.9 Å². The molecule has 2 N–H and O–H groups in total. The van der Waals surface area contributed by atoms with Gasteiger partial charge in [-0.05, 0) is 43.4 Å². The second-order valence-corrected chi connectivity index (χ2v) is 8.15. The molecule has 2 aliphatic rings. The Kier molecular flexibility index (Phi) is 4.66. The van der Waals surface area contributed by atoms with Crippen molar-refractivity contribution in [1.29, 1.82) is 0 Å². The zero-order valence-corrected chi connectivity index (χ0v) is 16.8. The van der Waals surface area contributed by atoms with Gasteiger partial charge in [0, 0.05) is 4.47 Å². The first-order chi connectivity index (χ1) is 13.3. The summed E-state index contributed by atoms with van der Waals surface area (Å²) in [5.74, 6) is -0.610. The number of nitrogens with zero attached hydrogens (tertiary/aromatic N) is 4. The van der Waals surface area contributed by atoms with E-state index in [2.05, 4.69) is 36.6 Å². The zero-order valence-electron chi connectivity index (χ0n) is 15.2. The summed E-state index contributed by atoms with van der Waals surface area (Å²) < 4.78 is 2.58. The minimum absolute atomic E-state index is 0.124. The molecular formula is C18H19BrN6O3. The normalized spacial score (nSPS) is 21.7. The summed E-state index contributed by atoms with van der Waals surface area (Å²) in [6.45, 7) is 1.85. The van der Waals surface area contributed by atoms with Crippen LogP contribution in [0.5, 0.6) is 0 Å². The highest BCUT2D eigenvalue weighted by Crippen LogP contribution is 2.42. The standard InChI is InChI=1S/C18H19BrN6O3/c1-18(12-4-5-12)15(27)25(17(28)22-18)9-14(26)21-16-20-10-24(23-16)8-11-2-6-13(19)7-3-11/h2-3,6-7,10,12H,4-5,8-9H2,1H3,(H,22,28)(H,21,23,26). The zero-order chi connectivity index (χ0) is 19.9. The Morgan fingerprint density at radius 3 is 2.71 bits per heavy atom. The number of carbonyl (C=O) groups excluding carboxylic acids is 3. The molecule has 1 aliphatic heterocycles. The Morgan fingerprint density at radius 1 is 1.32 bits per heavy atom. The first-order valence-electron chi connectivity index (χ1n) is 8.93. The molecule has 1 unspecified atom stereocenters. The maximum Gasteiger partial charge on any atom is 0.325 e. The van der Waals surface area contributed by atoms with E-state index in [0.717, 1.165) is 27.8 Å². The number of hydrogen-bond donors (Lipinski definition) is 2. The van der Waals surface area contributed by atoms with E-state index in [0.29, 0.717) is 6.54 Å². The molecule has 10 heteroatoms. The van der Waals surface area contributed by atoms with Crippen LogP contribution >= 0.6 is 15.9 Å². The molecular weight excluding hydrogens is 428 g/mol. The van der Waals surface area contributed by atoms with Gasteiger partial charge in [0.25, 0.3) is 5.91 Å². The molecule has 0 spiro atoms. The van der Waals surface area contributed by atoms with Crippen LogP contribution in [0.3, 0.4) is 0 Å². The molecule has 2 aromatic rings. The molecule has 28 heavy (non-hydrogen) atoms. The third-order valence-electron chi connectivity index (χ3n) is 5.04. The summed E-state index contributed by atoms with van der Waals surface area (Å²) in [6, 6.07) is 7.24. The van der Waals surface area contributed by atoms with Crippen molar-refractivity contribution in [2.24, 2.45) is 5.92 Å². The number of amides is 4. The van der Waals surface area contributed by atoms with E-state index in [1.54, 1.807) is 11.6 Å². The highest BCUT2D eigenvalue weighted by Gasteiger charge is 2.56. The first kappa shape index (κ1) is 18.6. The molecule has 0 bridgehead atoms. The number of hydrogen-bond acceptors (Lipinski definition) is 5. The smallest absolute Gasteiger partial charge is 0.323 e. The van der Waals surface area contributed by atoms with Gasteiger partial charge in [-0.25, -0.2) is 14.5 Å². The number of anilines is 1. The average molecular weight is 447 g/mol. The van der Waals surface area contributed by atoms with Crippen LogP contribution in [0.15, 0.2) is 35.1 Å². The molecule has 2 fully saturated rings. The summed E-state index contributed by atoms with van der Waals surface area (Å²) in [4.78, 5) is 42.0. The maximum absolute atomic E-state index is 12.6. The van der Waals surface area contributed by atoms with Crippen LogP contribution in [0.25, 0.3) is 0 Å². The molecule has 146 valence electrons. The van der Waals surface area contributed by atoms with Gasteiger partial charge in [-0.3, -0.25) is 19.8 Å². The maximum atomic E-state index is 12.6. The van der Waals surface area contributed by atoms with Crippen molar-refractivity contribution in [2.45, 2.75) is 31.8 Å². The van der Waals surface area contributed by atoms with Crippen molar-refractivity contribution < 1.29 is 14.4 Å². The molecule has 2 heterocycles. The molecule has 0 radical (unpaired) electrons. The second kappa shape index (κ2) is 7.01. The van der Waals surface area contributed by atoms with E-state index in [1.807, 2.05) is 24.3 Å². The van der Waals surface area contributed by atoms with Gasteiger partial charge in [-0.2, -0.15) is 0 Å². The van der Waals surface area contributed by atoms with E-state index in [4.69, 9.17) is 0 Å². The molecule has 1 aliphatic carbocycles. The monoisotopic (exact) mass is 446 g/mol. The van der Waals surface area contributed by atoms with E-state index >= 15 is 0 Å². The fraction of sp³-hybridized carbons (Fsp3) is 0.389. The molecule has 1 saturated carbocycles. The Balaban J connectivity index is 1.35. The fourth-order valence-corrected chi connectivity index (χ4v) is 3.57. The van der Waals surface area contributed by atoms with Gasteiger partial charge >= 0.3 is 6.03 Å². The summed E-state index contributed by atoms with van der Waals surface area (Å²) in [5.41, 5.74) is 0.131. The SMILES string of the molecule is CC1(C2CC2)NC(=O)N(CC(=O)Nc2ncn(Cc3ccc(Br)cc3)n2)C1=O. The van der Waals surface area contributed by atoms with Crippen LogP contribution < -0.4 is 10.6 Å². The Morgan fingerprint density at radius 2 is 2.04 bits per heavy atom. The minimum Gasteiger partial charge on any atom is -0.323 e. The van der Waals surface area contributed by atoms with Gasteiger partial charge in [0.05, 0.1) is 6.54 Å². The van der Waals surface area contributed by atoms with E-state index < -0.39 is 17.5 Å². The molecule has 1 atom stereocenters. The summed E-state index contributed by atoms with van der Waals surface area (Å²) in [5, 5.41) is 9.45. The number of imide groups is 1. The topological polar surface area (TPSA) is 109 Å². The number of halogens is 1. The van der Waals surface area contributed by atoms with Crippen LogP contribution in [-0.4, -0.2) is 49.6 Å². The summed E-state index contributed by atoms with van der Waals surface area (Å²) in [6.07, 6.45) is 3.32. The number of carbonyl (C=O) groups is 3. The van der Waals surface area contributed by atoms with Crippen LogP contribution in [0.1, 0.15) is 25.3 Å². The predicted octanol–water partition coefficient (Wildman–Crippen LogP) is 1.75. The lowest BCUT2D eigenvalue weighted by atomic mass is 9.96. The highest BCUT2D eigenvalue weighted by atomic mass is 79.9. The third kappa shape index (κ3) is 3.64. The van der Waals surface area contributed by atoms with Gasteiger partial charge in [0.1, 0.15) is 18.4 Å². The van der Waals surface area contributed by atoms with Gasteiger partial charge < -0.3 is 5.32 Å². The molecule has 4 rings (SSSR count). The number of urea groups is 1. The molecule has 4 amide bonds. The van der Waals surface area contributed by atoms with E-state index in [9.17, 15) is 14.4 Å². The van der Waals surface area contributed by atoms with Crippen molar-refractivity contribution in [2.75, 3.05) is 11.9 Å². The van der Waals surface area contributed by atoms with E-state index in [-0.39, 0.29) is 24.3 Å². The largest absolute Gasteiger partial charge is 0.325 e. The highest BCUT2D eigenvalue weighted by molar-refractivity contribution is 9.10. The van der Waals surface area contributed by atoms with Crippen molar-refractivity contribution in [3.63, 3.8) is 0 Å². The molecule has 9 nitrogen and oxygen atoms in total. The average Bonchev–Trinajstić information content (AvgIpc) is 3.39. The first-order valence-corrected chi connectivity index (χ1v) is 9.72. The van der Waals surface area contributed by atoms with Crippen LogP contribution in [-0.2, 0) is 16.1 Å². The van der Waals surface area contributed by atoms with Crippen LogP contribution in [0, 0.1) is 5.92 Å². The second-order valence-electron chi connectivity index (χ2n) is 7.24. The third-order valence-corrected chi connectivity index (χ3v) is 5.57. The number of rotatable bonds is 6. The lowest BCUT2D eigenvalue weighted by Crippen LogP contribution is -2.46. The predicted molar refractivity (Wildman–Crippen MR) is 103 cm³/mol. The summed E-state index contributed by atoms with van der Waals surface area (Å²) in [7, 11) is 0. The van der Waals surface area contributed by atoms with Crippen LogP contribution in [0.2, 0.25) is 0 Å². The van der Waals surface area contributed by atoms with Crippen molar-refractivity contribution in [3.8, 4) is 0 Å². The summed E-state index contributed by atoms with van der Waals surface area (Å²) >= 11 is 3.39. The lowest BCUT2D eigenvalue weighted by molar-refractivity contribution is -0.134. The fourth-order valence-electron chi connectivity index (χ4n) is 3.31. The number of benzene rings is 1. The van der Waals surface area contributed by atoms with Gasteiger partial charge in [0.15, 0.2) is 0 Å². The Labute approximate surface area is 169 Å². The number of nitrogens with one attached hydrogen (secondary N) is 2. The molecule has 1 aromatic carbocycles. The number of aromatic nitrogens is 3. The van der Waals surface area contributed by atoms with Gasteiger partial charge in [-0.1, -0.05) is 28.1 Å². The Hall–Kier alpha value is -2.75. The van der Waals surface area contributed by atoms with Gasteiger partial charge in [-0.15, -0.1) is 5.10 Å². The molecule has 1 aromatic heterocycles. The lowest BCUT2D eigenvalue weighted by Gasteiger charge is -2.20. The van der Waals surface area contributed by atoms with Crippen LogP contribution in [0.4, 0.5) is 10.7 Å². The molecule has 1 saturated heterocycles. The van der Waals surface area contributed by atoms with Crippen molar-refractivity contribution >= 4 is 39.7 Å².